The number of aromatic nitrogens is 2. The van der Waals surface area contributed by atoms with E-state index < -0.39 is 0 Å². The van der Waals surface area contributed by atoms with Crippen molar-refractivity contribution in [2.75, 3.05) is 10.6 Å². The summed E-state index contributed by atoms with van der Waals surface area (Å²) in [5.41, 5.74) is 3.93. The molecule has 0 aliphatic rings. The lowest BCUT2D eigenvalue weighted by atomic mass is 10.0. The summed E-state index contributed by atoms with van der Waals surface area (Å²) in [6, 6.07) is 22.8. The summed E-state index contributed by atoms with van der Waals surface area (Å²) >= 11 is 0. The Morgan fingerprint density at radius 2 is 1.66 bits per heavy atom. The maximum Gasteiger partial charge on any atom is 0.255 e. The molecule has 4 rings (SSSR count). The van der Waals surface area contributed by atoms with Gasteiger partial charge >= 0.3 is 0 Å². The van der Waals surface area contributed by atoms with Crippen LogP contribution in [0.25, 0.3) is 11.4 Å². The Morgan fingerprint density at radius 1 is 0.906 bits per heavy atom. The molecule has 32 heavy (non-hydrogen) atoms. The van der Waals surface area contributed by atoms with E-state index in [2.05, 4.69) is 34.4 Å². The molecule has 0 aliphatic heterocycles. The van der Waals surface area contributed by atoms with Gasteiger partial charge in [-0.15, -0.1) is 0 Å². The van der Waals surface area contributed by atoms with Crippen LogP contribution in [0.1, 0.15) is 35.7 Å². The minimum absolute atomic E-state index is 0.194. The molecule has 3 aromatic carbocycles. The van der Waals surface area contributed by atoms with E-state index in [0.717, 1.165) is 11.4 Å². The highest BCUT2D eigenvalue weighted by molar-refractivity contribution is 6.04. The molecule has 6 heteroatoms. The summed E-state index contributed by atoms with van der Waals surface area (Å²) in [5.74, 6) is 0.984. The second-order valence-electron chi connectivity index (χ2n) is 7.71. The summed E-state index contributed by atoms with van der Waals surface area (Å²) in [5, 5.41) is 6.13. The second kappa shape index (κ2) is 9.39. The molecule has 1 heterocycles. The van der Waals surface area contributed by atoms with E-state index in [1.807, 2.05) is 30.3 Å². The number of nitrogens with zero attached hydrogens (tertiary/aromatic N) is 2. The molecule has 0 radical (unpaired) electrons. The Labute approximate surface area is 186 Å². The van der Waals surface area contributed by atoms with Crippen molar-refractivity contribution in [3.05, 3.63) is 102 Å². The second-order valence-corrected chi connectivity index (χ2v) is 7.71. The lowest BCUT2D eigenvalue weighted by molar-refractivity contribution is 0.102. The van der Waals surface area contributed by atoms with Crippen molar-refractivity contribution >= 4 is 23.1 Å². The van der Waals surface area contributed by atoms with E-state index in [-0.39, 0.29) is 11.7 Å². The van der Waals surface area contributed by atoms with Gasteiger partial charge in [-0.1, -0.05) is 32.0 Å². The number of nitrogens with one attached hydrogen (secondary N) is 2. The Bertz CT molecular complexity index is 1220. The van der Waals surface area contributed by atoms with Crippen LogP contribution < -0.4 is 10.6 Å². The fraction of sp³-hybridized carbons (Fsp3) is 0.115. The SMILES string of the molecule is CC(C)c1ccc(NC(=O)c2cccc(Nc3ccnc(-c4ccc(F)cc4)n3)c2)cc1. The Balaban J connectivity index is 1.47. The fourth-order valence-electron chi connectivity index (χ4n) is 3.21. The van der Waals surface area contributed by atoms with E-state index in [1.54, 1.807) is 42.6 Å². The third kappa shape index (κ3) is 5.16. The van der Waals surface area contributed by atoms with Crippen LogP contribution in [0, 0.1) is 5.82 Å². The maximum absolute atomic E-state index is 13.2. The molecule has 0 unspecified atom stereocenters. The van der Waals surface area contributed by atoms with Gasteiger partial charge in [-0.05, 0) is 72.1 Å². The van der Waals surface area contributed by atoms with Crippen molar-refractivity contribution in [2.24, 2.45) is 0 Å². The number of amides is 1. The van der Waals surface area contributed by atoms with Gasteiger partial charge in [-0.3, -0.25) is 4.79 Å². The third-order valence-electron chi connectivity index (χ3n) is 4.99. The topological polar surface area (TPSA) is 66.9 Å². The fourth-order valence-corrected chi connectivity index (χ4v) is 3.21. The van der Waals surface area contributed by atoms with Crippen molar-refractivity contribution in [1.29, 1.82) is 0 Å². The van der Waals surface area contributed by atoms with Gasteiger partial charge in [0.15, 0.2) is 5.82 Å². The van der Waals surface area contributed by atoms with E-state index >= 15 is 0 Å². The summed E-state index contributed by atoms with van der Waals surface area (Å²) in [6.45, 7) is 4.26. The van der Waals surface area contributed by atoms with Crippen LogP contribution in [0.2, 0.25) is 0 Å². The minimum Gasteiger partial charge on any atom is -0.340 e. The highest BCUT2D eigenvalue weighted by Gasteiger charge is 2.09. The predicted molar refractivity (Wildman–Crippen MR) is 126 cm³/mol. The normalized spacial score (nSPS) is 10.8. The molecule has 0 aliphatic carbocycles. The zero-order valence-corrected chi connectivity index (χ0v) is 17.8. The lowest BCUT2D eigenvalue weighted by Crippen LogP contribution is -2.12. The van der Waals surface area contributed by atoms with Crippen LogP contribution >= 0.6 is 0 Å². The number of hydrogen-bond donors (Lipinski definition) is 2. The first-order chi connectivity index (χ1) is 15.5. The molecule has 0 saturated heterocycles. The molecule has 1 amide bonds. The van der Waals surface area contributed by atoms with Crippen molar-refractivity contribution in [1.82, 2.24) is 9.97 Å². The number of anilines is 3. The predicted octanol–water partition coefficient (Wildman–Crippen LogP) is 6.40. The van der Waals surface area contributed by atoms with Gasteiger partial charge < -0.3 is 10.6 Å². The molecule has 2 N–H and O–H groups in total. The molecule has 0 atom stereocenters. The average Bonchev–Trinajstić information content (AvgIpc) is 2.80. The molecule has 160 valence electrons. The van der Waals surface area contributed by atoms with Crippen LogP contribution in [-0.2, 0) is 0 Å². The number of rotatable bonds is 6. The van der Waals surface area contributed by atoms with Crippen LogP contribution in [-0.4, -0.2) is 15.9 Å². The van der Waals surface area contributed by atoms with Gasteiger partial charge in [0.2, 0.25) is 0 Å². The van der Waals surface area contributed by atoms with E-state index in [1.165, 1.54) is 17.7 Å². The van der Waals surface area contributed by atoms with E-state index in [4.69, 9.17) is 0 Å². The molecule has 0 spiro atoms. The van der Waals surface area contributed by atoms with Gasteiger partial charge in [0.25, 0.3) is 5.91 Å². The first-order valence-corrected chi connectivity index (χ1v) is 10.4. The largest absolute Gasteiger partial charge is 0.340 e. The standard InChI is InChI=1S/C26H23FN4O/c1-17(2)18-8-12-22(13-9-18)30-26(32)20-4-3-5-23(16-20)29-24-14-15-28-25(31-24)19-6-10-21(27)11-7-19/h3-17H,1-2H3,(H,30,32)(H,28,29,31). The number of halogens is 1. The Kier molecular flexibility index (Phi) is 6.22. The van der Waals surface area contributed by atoms with Crippen molar-refractivity contribution < 1.29 is 9.18 Å². The molecule has 1 aromatic heterocycles. The van der Waals surface area contributed by atoms with Gasteiger partial charge in [0.05, 0.1) is 0 Å². The van der Waals surface area contributed by atoms with Crippen LogP contribution in [0.15, 0.2) is 85.1 Å². The highest BCUT2D eigenvalue weighted by Crippen LogP contribution is 2.21. The molecule has 5 nitrogen and oxygen atoms in total. The summed E-state index contributed by atoms with van der Waals surface area (Å²) in [4.78, 5) is 21.4. The quantitative estimate of drug-likeness (QED) is 0.374. The zero-order valence-electron chi connectivity index (χ0n) is 17.8. The average molecular weight is 426 g/mol. The summed E-state index contributed by atoms with van der Waals surface area (Å²) in [7, 11) is 0. The van der Waals surface area contributed by atoms with Crippen LogP contribution in [0.3, 0.4) is 0 Å². The highest BCUT2D eigenvalue weighted by atomic mass is 19.1. The first-order valence-electron chi connectivity index (χ1n) is 10.4. The Hall–Kier alpha value is -4.06. The van der Waals surface area contributed by atoms with Gasteiger partial charge in [0.1, 0.15) is 11.6 Å². The monoisotopic (exact) mass is 426 g/mol. The minimum atomic E-state index is -0.311. The van der Waals surface area contributed by atoms with Crippen molar-refractivity contribution in [3.63, 3.8) is 0 Å². The van der Waals surface area contributed by atoms with Gasteiger partial charge in [-0.2, -0.15) is 0 Å². The number of hydrogen-bond acceptors (Lipinski definition) is 4. The number of carbonyl (C=O) groups excluding carboxylic acids is 1. The van der Waals surface area contributed by atoms with Crippen molar-refractivity contribution in [2.45, 2.75) is 19.8 Å². The lowest BCUT2D eigenvalue weighted by Gasteiger charge is -2.10. The molecule has 0 bridgehead atoms. The summed E-state index contributed by atoms with van der Waals surface area (Å²) < 4.78 is 13.2. The third-order valence-corrected chi connectivity index (χ3v) is 4.99. The van der Waals surface area contributed by atoms with E-state index in [9.17, 15) is 9.18 Å². The van der Waals surface area contributed by atoms with E-state index in [0.29, 0.717) is 28.7 Å². The molecule has 0 saturated carbocycles. The van der Waals surface area contributed by atoms with Crippen LogP contribution in [0.5, 0.6) is 0 Å². The number of carbonyl (C=O) groups is 1. The Morgan fingerprint density at radius 3 is 2.38 bits per heavy atom. The number of benzene rings is 3. The van der Waals surface area contributed by atoms with Gasteiger partial charge in [0, 0.05) is 28.7 Å². The van der Waals surface area contributed by atoms with Gasteiger partial charge in [-0.25, -0.2) is 14.4 Å². The molecule has 0 fully saturated rings. The first kappa shape index (κ1) is 21.2. The van der Waals surface area contributed by atoms with Crippen molar-refractivity contribution in [3.8, 4) is 11.4 Å². The summed E-state index contributed by atoms with van der Waals surface area (Å²) in [6.07, 6.45) is 1.63. The molecular weight excluding hydrogens is 403 g/mol. The molecule has 4 aromatic rings. The maximum atomic E-state index is 13.2. The molecular formula is C26H23FN4O. The van der Waals surface area contributed by atoms with Crippen LogP contribution in [0.4, 0.5) is 21.6 Å². The zero-order chi connectivity index (χ0) is 22.5. The smallest absolute Gasteiger partial charge is 0.255 e.